The van der Waals surface area contributed by atoms with Crippen LogP contribution in [0.3, 0.4) is 0 Å². The van der Waals surface area contributed by atoms with E-state index in [0.29, 0.717) is 0 Å². The number of nitrogens with zero attached hydrogens (tertiary/aromatic N) is 4. The summed E-state index contributed by atoms with van der Waals surface area (Å²) in [6, 6.07) is 46.1. The van der Waals surface area contributed by atoms with E-state index in [-0.39, 0.29) is 32.1 Å². The van der Waals surface area contributed by atoms with Crippen molar-refractivity contribution < 1.29 is 30.2 Å². The van der Waals surface area contributed by atoms with Crippen LogP contribution in [0.25, 0.3) is 0 Å². The third-order valence-electron chi connectivity index (χ3n) is 6.34. The zero-order chi connectivity index (χ0) is 26.9. The van der Waals surface area contributed by atoms with E-state index in [1.54, 1.807) is 0 Å². The first-order valence-electron chi connectivity index (χ1n) is 13.0. The predicted octanol–water partition coefficient (Wildman–Crippen LogP) is 7.90. The van der Waals surface area contributed by atoms with Gasteiger partial charge in [0, 0.05) is 65.8 Å². The molecule has 0 radical (unpaired) electrons. The van der Waals surface area contributed by atoms with Gasteiger partial charge in [-0.05, 0) is 0 Å². The maximum atomic E-state index is 3.45. The summed E-state index contributed by atoms with van der Waals surface area (Å²) in [5.41, 5.74) is 6.71. The summed E-state index contributed by atoms with van der Waals surface area (Å²) >= 11 is 0. The summed E-state index contributed by atoms with van der Waals surface area (Å²) < 4.78 is 8.51. The van der Waals surface area contributed by atoms with Crippen LogP contribution in [0.1, 0.15) is 41.5 Å². The molecule has 2 aliphatic rings. The van der Waals surface area contributed by atoms with Crippen molar-refractivity contribution in [1.82, 2.24) is 9.15 Å². The van der Waals surface area contributed by atoms with Crippen molar-refractivity contribution in [2.24, 2.45) is 0 Å². The Bertz CT molecular complexity index is 1500. The van der Waals surface area contributed by atoms with E-state index in [9.17, 15) is 0 Å². The molecule has 4 aromatic carbocycles. The first kappa shape index (κ1) is 28.3. The summed E-state index contributed by atoms with van der Waals surface area (Å²) in [5, 5.41) is 0. The molecule has 2 aliphatic heterocycles. The Morgan fingerprint density at radius 1 is 0.487 bits per heavy atom. The minimum absolute atomic E-state index is 0. The average Bonchev–Trinajstić information content (AvgIpc) is 3.50. The van der Waals surface area contributed by atoms with Gasteiger partial charge in [0.1, 0.15) is 11.4 Å². The van der Waals surface area contributed by atoms with Gasteiger partial charge < -0.3 is 0 Å². The van der Waals surface area contributed by atoms with E-state index < -0.39 is 0 Å². The summed E-state index contributed by atoms with van der Waals surface area (Å²) in [4.78, 5) is 0. The quantitative estimate of drug-likeness (QED) is 0.150. The molecule has 0 N–H and O–H groups in total. The molecular formula is C34H34N4Pt+4. The van der Waals surface area contributed by atoms with Gasteiger partial charge in [0.05, 0.1) is 0 Å². The minimum Gasteiger partial charge on any atom is -0.171 e. The number of benzene rings is 4. The Labute approximate surface area is 246 Å². The fourth-order valence-corrected chi connectivity index (χ4v) is 4.54. The zero-order valence-corrected chi connectivity index (χ0v) is 25.6. The van der Waals surface area contributed by atoms with E-state index in [0.717, 1.165) is 22.7 Å². The van der Waals surface area contributed by atoms with Gasteiger partial charge in [-0.15, -0.1) is 12.1 Å². The number of fused-ring (bicyclic) bond motifs is 2. The molecule has 0 atom stereocenters. The minimum atomic E-state index is -0.000363. The van der Waals surface area contributed by atoms with Gasteiger partial charge in [0.2, 0.25) is 0 Å². The third kappa shape index (κ3) is 5.85. The van der Waals surface area contributed by atoms with Gasteiger partial charge >= 0.3 is 33.1 Å². The molecule has 196 valence electrons. The SMILES string of the molecule is CC(C)(C)[N+]1=C=[N+](c2[c-]cccc2)c2ccccc21.CC(C)(C)[N+]1=C=[N+](c2[c-]cccc2)c2ccccc21.[Pt+2]. The van der Waals surface area contributed by atoms with Gasteiger partial charge in [0.15, 0.2) is 11.1 Å². The van der Waals surface area contributed by atoms with Gasteiger partial charge in [-0.25, -0.2) is 0 Å². The molecule has 0 fully saturated rings. The van der Waals surface area contributed by atoms with Crippen LogP contribution in [0, 0.1) is 12.1 Å². The van der Waals surface area contributed by atoms with E-state index >= 15 is 0 Å². The summed E-state index contributed by atoms with van der Waals surface area (Å²) in [6.45, 7) is 13.1. The molecule has 0 aliphatic carbocycles. The monoisotopic (exact) mass is 693 g/mol. The van der Waals surface area contributed by atoms with Crippen LogP contribution in [0.4, 0.5) is 34.1 Å². The van der Waals surface area contributed by atoms with Crippen LogP contribution in [-0.4, -0.2) is 32.2 Å². The second-order valence-electron chi connectivity index (χ2n) is 11.4. The maximum absolute atomic E-state index is 3.45. The zero-order valence-electron chi connectivity index (χ0n) is 23.3. The number of hydrogen-bond donors (Lipinski definition) is 0. The predicted molar refractivity (Wildman–Crippen MR) is 156 cm³/mol. The van der Waals surface area contributed by atoms with E-state index in [2.05, 4.69) is 145 Å². The van der Waals surface area contributed by atoms with E-state index in [1.165, 1.54) is 11.4 Å². The average molecular weight is 694 g/mol. The van der Waals surface area contributed by atoms with Gasteiger partial charge in [-0.2, -0.15) is 36.4 Å². The molecule has 0 unspecified atom stereocenters. The largest absolute Gasteiger partial charge is 2.00 e. The second-order valence-corrected chi connectivity index (χ2v) is 11.4. The van der Waals surface area contributed by atoms with E-state index in [4.69, 9.17) is 0 Å². The van der Waals surface area contributed by atoms with E-state index in [1.807, 2.05) is 36.4 Å². The molecule has 0 saturated heterocycles. The Balaban J connectivity index is 0.000000176. The standard InChI is InChI=1S/2C17H17N2.Pt/c2*1-17(2,3)19-13-18(14-9-5-4-6-10-14)15-11-7-8-12-16(15)19;/h2*4-9,11-12H,1-3H3;/q2*+1;+2. The number of rotatable bonds is 2. The van der Waals surface area contributed by atoms with Gasteiger partial charge in [-0.1, -0.05) is 54.7 Å². The van der Waals surface area contributed by atoms with Crippen molar-refractivity contribution in [3.05, 3.63) is 109 Å². The molecule has 0 saturated carbocycles. The van der Waals surface area contributed by atoms with Crippen LogP contribution in [0.15, 0.2) is 97.1 Å². The maximum Gasteiger partial charge on any atom is 2.00 e. The Hall–Kier alpha value is -3.67. The molecule has 0 aromatic heterocycles. The normalized spacial score (nSPS) is 13.5. The molecule has 0 bridgehead atoms. The molecule has 0 amide bonds. The second kappa shape index (κ2) is 11.2. The third-order valence-corrected chi connectivity index (χ3v) is 6.34. The fourth-order valence-electron chi connectivity index (χ4n) is 4.54. The molecule has 5 heteroatoms. The molecule has 4 aromatic rings. The van der Waals surface area contributed by atoms with Crippen molar-refractivity contribution in [2.75, 3.05) is 0 Å². The van der Waals surface area contributed by atoms with Gasteiger partial charge in [-0.3, -0.25) is 0 Å². The number of hydrogen-bond acceptors (Lipinski definition) is 0. The van der Waals surface area contributed by atoms with Crippen LogP contribution in [-0.2, 0) is 21.1 Å². The van der Waals surface area contributed by atoms with Crippen molar-refractivity contribution in [1.29, 1.82) is 0 Å². The van der Waals surface area contributed by atoms with Gasteiger partial charge in [0.25, 0.3) is 22.7 Å². The first-order valence-corrected chi connectivity index (χ1v) is 13.0. The van der Waals surface area contributed by atoms with Crippen LogP contribution in [0.5, 0.6) is 0 Å². The molecule has 6 rings (SSSR count). The Morgan fingerprint density at radius 3 is 1.13 bits per heavy atom. The summed E-state index contributed by atoms with van der Waals surface area (Å²) in [7, 11) is 0. The molecular weight excluding hydrogens is 659 g/mol. The smallest absolute Gasteiger partial charge is 0.171 e. The Morgan fingerprint density at radius 2 is 0.821 bits per heavy atom. The summed E-state index contributed by atoms with van der Waals surface area (Å²) in [5.74, 6) is 0. The molecule has 4 nitrogen and oxygen atoms in total. The topological polar surface area (TPSA) is 12.0 Å². The van der Waals surface area contributed by atoms with Crippen molar-refractivity contribution in [3.63, 3.8) is 0 Å². The Kier molecular flexibility index (Phi) is 8.14. The van der Waals surface area contributed by atoms with Crippen LogP contribution >= 0.6 is 0 Å². The van der Waals surface area contributed by atoms with Crippen molar-refractivity contribution in [2.45, 2.75) is 52.6 Å². The molecule has 39 heavy (non-hydrogen) atoms. The van der Waals surface area contributed by atoms with Crippen LogP contribution < -0.4 is 9.15 Å². The van der Waals surface area contributed by atoms with Crippen LogP contribution in [0.2, 0.25) is 0 Å². The van der Waals surface area contributed by atoms with Crippen molar-refractivity contribution >= 4 is 46.1 Å². The molecule has 2 heterocycles. The number of para-hydroxylation sites is 6. The van der Waals surface area contributed by atoms with Crippen molar-refractivity contribution in [3.8, 4) is 0 Å². The first-order chi connectivity index (χ1) is 18.1. The fraction of sp³-hybridized carbons (Fsp3) is 0.235. The summed E-state index contributed by atoms with van der Waals surface area (Å²) in [6.07, 6.45) is 0. The molecule has 0 spiro atoms.